The molecule has 0 unspecified atom stereocenters. The predicted molar refractivity (Wildman–Crippen MR) is 117 cm³/mol. The summed E-state index contributed by atoms with van der Waals surface area (Å²) in [4.78, 5) is 12.2. The zero-order chi connectivity index (χ0) is 21.5. The van der Waals surface area contributed by atoms with Gasteiger partial charge in [0.15, 0.2) is 6.61 Å². The van der Waals surface area contributed by atoms with E-state index < -0.39 is 0 Å². The average Bonchev–Trinajstić information content (AvgIpc) is 3.19. The van der Waals surface area contributed by atoms with Crippen LogP contribution in [0.4, 0.5) is 5.69 Å². The molecule has 0 saturated carbocycles. The van der Waals surface area contributed by atoms with E-state index in [2.05, 4.69) is 29.4 Å². The Bertz CT molecular complexity index is 992. The van der Waals surface area contributed by atoms with Crippen LogP contribution < -0.4 is 14.8 Å². The maximum atomic E-state index is 12.2. The number of halogens is 1. The van der Waals surface area contributed by atoms with Crippen molar-refractivity contribution in [2.24, 2.45) is 0 Å². The van der Waals surface area contributed by atoms with Gasteiger partial charge < -0.3 is 19.2 Å². The fraction of sp³-hybridized carbons (Fsp3) is 0.286. The van der Waals surface area contributed by atoms with Gasteiger partial charge in [-0.15, -0.1) is 10.2 Å². The maximum Gasteiger partial charge on any atom is 0.277 e. The van der Waals surface area contributed by atoms with Crippen LogP contribution >= 0.6 is 23.4 Å². The van der Waals surface area contributed by atoms with E-state index in [1.54, 1.807) is 18.2 Å². The van der Waals surface area contributed by atoms with Crippen LogP contribution in [0.1, 0.15) is 31.2 Å². The van der Waals surface area contributed by atoms with E-state index in [4.69, 9.17) is 25.5 Å². The highest BCUT2D eigenvalue weighted by Crippen LogP contribution is 2.28. The van der Waals surface area contributed by atoms with Gasteiger partial charge in [-0.1, -0.05) is 49.3 Å². The third-order valence-corrected chi connectivity index (χ3v) is 5.17. The molecule has 0 aliphatic heterocycles. The summed E-state index contributed by atoms with van der Waals surface area (Å²) < 4.78 is 16.4. The van der Waals surface area contributed by atoms with E-state index in [1.165, 1.54) is 12.7 Å². The minimum absolute atomic E-state index is 0.0921. The summed E-state index contributed by atoms with van der Waals surface area (Å²) in [5.74, 6) is 1.89. The molecule has 0 spiro atoms. The monoisotopic (exact) mass is 447 g/mol. The number of methoxy groups -OCH3 is 1. The van der Waals surface area contributed by atoms with Gasteiger partial charge in [-0.25, -0.2) is 0 Å². The lowest BCUT2D eigenvalue weighted by Crippen LogP contribution is -2.14. The van der Waals surface area contributed by atoms with Gasteiger partial charge in [-0.05, 0) is 41.8 Å². The third-order valence-electron chi connectivity index (χ3n) is 4.12. The maximum absolute atomic E-state index is 12.2. The Morgan fingerprint density at radius 2 is 1.97 bits per heavy atom. The molecule has 30 heavy (non-hydrogen) atoms. The van der Waals surface area contributed by atoms with E-state index >= 15 is 0 Å². The molecule has 9 heteroatoms. The number of carbonyl (C=O) groups is 1. The number of hydrogen-bond acceptors (Lipinski definition) is 7. The molecule has 3 rings (SSSR count). The first kappa shape index (κ1) is 22.0. The molecule has 1 amide bonds. The Morgan fingerprint density at radius 1 is 1.20 bits per heavy atom. The van der Waals surface area contributed by atoms with Crippen LogP contribution in [0, 0.1) is 0 Å². The molecule has 1 aromatic heterocycles. The SMILES string of the molecule is COc1ccc(Cl)cc1NC(=O)CSc1nnc(COc2ccc(C(C)C)cc2)o1. The van der Waals surface area contributed by atoms with Crippen LogP contribution in [-0.4, -0.2) is 29.0 Å². The molecule has 1 N–H and O–H groups in total. The van der Waals surface area contributed by atoms with Gasteiger partial charge in [0.2, 0.25) is 5.91 Å². The highest BCUT2D eigenvalue weighted by atomic mass is 35.5. The van der Waals surface area contributed by atoms with Crippen molar-refractivity contribution in [3.05, 3.63) is 58.9 Å². The Hall–Kier alpha value is -2.71. The molecule has 7 nitrogen and oxygen atoms in total. The van der Waals surface area contributed by atoms with Crippen molar-refractivity contribution in [3.8, 4) is 11.5 Å². The Kier molecular flexibility index (Phi) is 7.59. The first-order valence-corrected chi connectivity index (χ1v) is 10.6. The van der Waals surface area contributed by atoms with Gasteiger partial charge in [-0.2, -0.15) is 0 Å². The molecule has 2 aromatic carbocycles. The summed E-state index contributed by atoms with van der Waals surface area (Å²) in [6.45, 7) is 4.43. The zero-order valence-electron chi connectivity index (χ0n) is 16.8. The lowest BCUT2D eigenvalue weighted by atomic mass is 10.0. The summed E-state index contributed by atoms with van der Waals surface area (Å²) in [5, 5.41) is 11.4. The largest absolute Gasteiger partial charge is 0.495 e. The second-order valence-corrected chi connectivity index (χ2v) is 8.02. The second-order valence-electron chi connectivity index (χ2n) is 6.66. The number of aromatic nitrogens is 2. The number of anilines is 1. The summed E-state index contributed by atoms with van der Waals surface area (Å²) in [6.07, 6.45) is 0. The summed E-state index contributed by atoms with van der Waals surface area (Å²) in [7, 11) is 1.52. The molecule has 0 aliphatic carbocycles. The fourth-order valence-corrected chi connectivity index (χ4v) is 3.29. The van der Waals surface area contributed by atoms with Crippen LogP contribution in [0.15, 0.2) is 52.1 Å². The van der Waals surface area contributed by atoms with E-state index in [-0.39, 0.29) is 23.5 Å². The van der Waals surface area contributed by atoms with Crippen LogP contribution in [0.25, 0.3) is 0 Å². The molecule has 0 radical (unpaired) electrons. The van der Waals surface area contributed by atoms with Gasteiger partial charge in [0, 0.05) is 5.02 Å². The van der Waals surface area contributed by atoms with Crippen molar-refractivity contribution in [1.82, 2.24) is 10.2 Å². The molecule has 0 saturated heterocycles. The zero-order valence-corrected chi connectivity index (χ0v) is 18.4. The van der Waals surface area contributed by atoms with Gasteiger partial charge >= 0.3 is 0 Å². The molecule has 0 bridgehead atoms. The average molecular weight is 448 g/mol. The Morgan fingerprint density at radius 3 is 2.67 bits per heavy atom. The number of amides is 1. The van der Waals surface area contributed by atoms with Crippen LogP contribution in [0.2, 0.25) is 5.02 Å². The fourth-order valence-electron chi connectivity index (χ4n) is 2.54. The normalized spacial score (nSPS) is 10.8. The minimum atomic E-state index is -0.248. The van der Waals surface area contributed by atoms with E-state index in [0.717, 1.165) is 17.5 Å². The van der Waals surface area contributed by atoms with Crippen molar-refractivity contribution >= 4 is 35.0 Å². The predicted octanol–water partition coefficient (Wildman–Crippen LogP) is 5.16. The van der Waals surface area contributed by atoms with Crippen molar-refractivity contribution in [2.45, 2.75) is 31.6 Å². The van der Waals surface area contributed by atoms with Crippen LogP contribution in [0.3, 0.4) is 0 Å². The molecule has 0 aliphatic rings. The standard InChI is InChI=1S/C21H22ClN3O4S/c1-13(2)14-4-7-16(8-5-14)28-11-20-24-25-21(29-20)30-12-19(26)23-17-10-15(22)6-9-18(17)27-3/h4-10,13H,11-12H2,1-3H3,(H,23,26). The minimum Gasteiger partial charge on any atom is -0.495 e. The number of benzene rings is 2. The summed E-state index contributed by atoms with van der Waals surface area (Å²) in [6, 6.07) is 12.9. The van der Waals surface area contributed by atoms with Crippen molar-refractivity contribution in [2.75, 3.05) is 18.2 Å². The lowest BCUT2D eigenvalue weighted by Gasteiger charge is -2.09. The number of ether oxygens (including phenoxy) is 2. The van der Waals surface area contributed by atoms with E-state index in [9.17, 15) is 4.79 Å². The van der Waals surface area contributed by atoms with Crippen LogP contribution in [-0.2, 0) is 11.4 Å². The molecule has 0 fully saturated rings. The number of rotatable bonds is 9. The number of thioether (sulfide) groups is 1. The molecule has 158 valence electrons. The number of carbonyl (C=O) groups excluding carboxylic acids is 1. The molecule has 0 atom stereocenters. The topological polar surface area (TPSA) is 86.5 Å². The van der Waals surface area contributed by atoms with Gasteiger partial charge in [0.05, 0.1) is 18.6 Å². The molecular weight excluding hydrogens is 426 g/mol. The molecular formula is C21H22ClN3O4S. The molecule has 1 heterocycles. The first-order chi connectivity index (χ1) is 14.4. The Balaban J connectivity index is 1.48. The quantitative estimate of drug-likeness (QED) is 0.453. The number of nitrogens with zero attached hydrogens (tertiary/aromatic N) is 2. The second kappa shape index (κ2) is 10.4. The molecule has 3 aromatic rings. The van der Waals surface area contributed by atoms with Crippen molar-refractivity contribution in [1.29, 1.82) is 0 Å². The summed E-state index contributed by atoms with van der Waals surface area (Å²) >= 11 is 7.10. The van der Waals surface area contributed by atoms with Gasteiger partial charge in [0.25, 0.3) is 11.1 Å². The van der Waals surface area contributed by atoms with Crippen molar-refractivity contribution < 1.29 is 18.7 Å². The highest BCUT2D eigenvalue weighted by molar-refractivity contribution is 7.99. The third kappa shape index (κ3) is 6.14. The lowest BCUT2D eigenvalue weighted by molar-refractivity contribution is -0.113. The Labute approximate surface area is 184 Å². The van der Waals surface area contributed by atoms with E-state index in [0.29, 0.717) is 28.3 Å². The summed E-state index contributed by atoms with van der Waals surface area (Å²) in [5.41, 5.74) is 1.74. The smallest absolute Gasteiger partial charge is 0.277 e. The van der Waals surface area contributed by atoms with Crippen molar-refractivity contribution in [3.63, 3.8) is 0 Å². The number of nitrogens with one attached hydrogen (secondary N) is 1. The van der Waals surface area contributed by atoms with E-state index in [1.807, 2.05) is 24.3 Å². The van der Waals surface area contributed by atoms with Crippen LogP contribution in [0.5, 0.6) is 11.5 Å². The highest BCUT2D eigenvalue weighted by Gasteiger charge is 2.13. The number of hydrogen-bond donors (Lipinski definition) is 1. The van der Waals surface area contributed by atoms with Gasteiger partial charge in [-0.3, -0.25) is 4.79 Å². The van der Waals surface area contributed by atoms with Gasteiger partial charge in [0.1, 0.15) is 11.5 Å². The first-order valence-electron chi connectivity index (χ1n) is 9.26.